The van der Waals surface area contributed by atoms with Gasteiger partial charge in [-0.3, -0.25) is 0 Å². The Bertz CT molecular complexity index is 455. The second-order valence-electron chi connectivity index (χ2n) is 5.04. The summed E-state index contributed by atoms with van der Waals surface area (Å²) >= 11 is 1.85. The molecule has 1 aromatic carbocycles. The number of hydrogen-bond acceptors (Lipinski definition) is 2. The molecule has 1 atom stereocenters. The zero-order valence-electron chi connectivity index (χ0n) is 10.8. The van der Waals surface area contributed by atoms with Gasteiger partial charge in [-0.05, 0) is 54.4 Å². The van der Waals surface area contributed by atoms with Gasteiger partial charge in [-0.15, -0.1) is 0 Å². The van der Waals surface area contributed by atoms with Crippen molar-refractivity contribution in [1.29, 1.82) is 0 Å². The summed E-state index contributed by atoms with van der Waals surface area (Å²) in [7, 11) is 0. The van der Waals surface area contributed by atoms with E-state index < -0.39 is 23.7 Å². The van der Waals surface area contributed by atoms with E-state index in [-0.39, 0.29) is 5.56 Å². The molecule has 1 aliphatic heterocycles. The third-order valence-corrected chi connectivity index (χ3v) is 4.63. The molecule has 1 unspecified atom stereocenters. The lowest BCUT2D eigenvalue weighted by atomic mass is 9.92. The van der Waals surface area contributed by atoms with Crippen molar-refractivity contribution in [3.05, 3.63) is 35.1 Å². The van der Waals surface area contributed by atoms with Crippen LogP contribution in [0.25, 0.3) is 0 Å². The van der Waals surface area contributed by atoms with Gasteiger partial charge in [-0.25, -0.2) is 4.39 Å². The van der Waals surface area contributed by atoms with Crippen LogP contribution >= 0.6 is 11.8 Å². The number of benzene rings is 1. The summed E-state index contributed by atoms with van der Waals surface area (Å²) < 4.78 is 51.1. The van der Waals surface area contributed by atoms with Crippen molar-refractivity contribution in [3.8, 4) is 0 Å². The average molecular weight is 308 g/mol. The third-order valence-electron chi connectivity index (χ3n) is 3.58. The Balaban J connectivity index is 2.11. The molecule has 112 valence electrons. The maximum atomic E-state index is 13.2. The average Bonchev–Trinajstić information content (AvgIpc) is 2.39. The minimum atomic E-state index is -4.73. The normalized spacial score (nSPS) is 19.1. The van der Waals surface area contributed by atoms with E-state index in [1.54, 1.807) is 0 Å². The van der Waals surface area contributed by atoms with Gasteiger partial charge in [0, 0.05) is 0 Å². The highest BCUT2D eigenvalue weighted by molar-refractivity contribution is 7.99. The van der Waals surface area contributed by atoms with Crippen LogP contribution in [-0.4, -0.2) is 16.6 Å². The highest BCUT2D eigenvalue weighted by atomic mass is 32.2. The molecule has 1 saturated heterocycles. The zero-order valence-corrected chi connectivity index (χ0v) is 11.6. The van der Waals surface area contributed by atoms with E-state index in [4.69, 9.17) is 0 Å². The van der Waals surface area contributed by atoms with E-state index in [9.17, 15) is 22.7 Å². The fraction of sp³-hybridized carbons (Fsp3) is 0.571. The molecule has 0 radical (unpaired) electrons. The third kappa shape index (κ3) is 3.88. The summed E-state index contributed by atoms with van der Waals surface area (Å²) in [6.45, 7) is 0. The Kier molecular flexibility index (Phi) is 4.96. The van der Waals surface area contributed by atoms with Crippen molar-refractivity contribution in [2.45, 2.75) is 31.5 Å². The molecular formula is C14H16F4OS. The molecule has 1 N–H and O–H groups in total. The summed E-state index contributed by atoms with van der Waals surface area (Å²) in [5.74, 6) is 1.07. The smallest absolute Gasteiger partial charge is 0.388 e. The minimum Gasteiger partial charge on any atom is -0.388 e. The first-order valence-electron chi connectivity index (χ1n) is 6.50. The summed E-state index contributed by atoms with van der Waals surface area (Å²) in [4.78, 5) is 0. The number of rotatable bonds is 3. The van der Waals surface area contributed by atoms with Crippen LogP contribution in [0.15, 0.2) is 18.2 Å². The quantitative estimate of drug-likeness (QED) is 0.835. The molecule has 1 nitrogen and oxygen atoms in total. The monoisotopic (exact) mass is 308 g/mol. The number of aliphatic hydroxyl groups is 1. The van der Waals surface area contributed by atoms with Crippen LogP contribution in [0.1, 0.15) is 36.5 Å². The molecule has 0 spiro atoms. The van der Waals surface area contributed by atoms with Crippen molar-refractivity contribution in [3.63, 3.8) is 0 Å². The summed E-state index contributed by atoms with van der Waals surface area (Å²) in [6.07, 6.45) is -3.33. The van der Waals surface area contributed by atoms with Gasteiger partial charge in [0.05, 0.1) is 11.7 Å². The predicted molar refractivity (Wildman–Crippen MR) is 71.0 cm³/mol. The lowest BCUT2D eigenvalue weighted by Gasteiger charge is -2.24. The van der Waals surface area contributed by atoms with Gasteiger partial charge in [-0.1, -0.05) is 6.07 Å². The van der Waals surface area contributed by atoms with Gasteiger partial charge in [-0.2, -0.15) is 24.9 Å². The van der Waals surface area contributed by atoms with Crippen molar-refractivity contribution >= 4 is 11.8 Å². The van der Waals surface area contributed by atoms with Crippen LogP contribution < -0.4 is 0 Å². The van der Waals surface area contributed by atoms with Crippen molar-refractivity contribution in [2.24, 2.45) is 5.92 Å². The molecule has 20 heavy (non-hydrogen) atoms. The largest absolute Gasteiger partial charge is 0.419 e. The summed E-state index contributed by atoms with van der Waals surface area (Å²) in [5.41, 5.74) is -1.18. The number of alkyl halides is 3. The molecular weight excluding hydrogens is 292 g/mol. The van der Waals surface area contributed by atoms with Gasteiger partial charge >= 0.3 is 6.18 Å². The Hall–Kier alpha value is -0.750. The molecule has 1 fully saturated rings. The molecule has 0 aliphatic carbocycles. The fourth-order valence-corrected chi connectivity index (χ4v) is 3.61. The number of hydrogen-bond donors (Lipinski definition) is 1. The molecule has 1 aromatic rings. The summed E-state index contributed by atoms with van der Waals surface area (Å²) in [6, 6.07) is 2.72. The van der Waals surface area contributed by atoms with E-state index in [1.165, 1.54) is 6.07 Å². The van der Waals surface area contributed by atoms with Crippen molar-refractivity contribution in [2.75, 3.05) is 11.5 Å². The Morgan fingerprint density at radius 3 is 2.50 bits per heavy atom. The standard InChI is InChI=1S/C14H16F4OS/c15-12-2-1-10(8-11(12)14(16,17)18)13(19)7-9-3-5-20-6-4-9/h1-2,8-9,13,19H,3-7H2. The predicted octanol–water partition coefficient (Wildman–Crippen LogP) is 4.41. The molecule has 0 aromatic heterocycles. The Morgan fingerprint density at radius 2 is 1.90 bits per heavy atom. The number of aliphatic hydroxyl groups excluding tert-OH is 1. The number of thioether (sulfide) groups is 1. The van der Waals surface area contributed by atoms with Gasteiger partial charge in [0.25, 0.3) is 0 Å². The first-order valence-corrected chi connectivity index (χ1v) is 7.66. The van der Waals surface area contributed by atoms with Crippen LogP contribution in [0, 0.1) is 11.7 Å². The lowest BCUT2D eigenvalue weighted by molar-refractivity contribution is -0.140. The second-order valence-corrected chi connectivity index (χ2v) is 6.27. The molecule has 0 amide bonds. The maximum absolute atomic E-state index is 13.2. The second kappa shape index (κ2) is 6.35. The van der Waals surface area contributed by atoms with Crippen molar-refractivity contribution < 1.29 is 22.7 Å². The van der Waals surface area contributed by atoms with E-state index >= 15 is 0 Å². The van der Waals surface area contributed by atoms with Crippen LogP contribution in [-0.2, 0) is 6.18 Å². The van der Waals surface area contributed by atoms with Gasteiger partial charge < -0.3 is 5.11 Å². The van der Waals surface area contributed by atoms with Gasteiger partial charge in [0.15, 0.2) is 0 Å². The van der Waals surface area contributed by atoms with Gasteiger partial charge in [0.2, 0.25) is 0 Å². The molecule has 1 aliphatic rings. The SMILES string of the molecule is OC(CC1CCSCC1)c1ccc(F)c(C(F)(F)F)c1. The molecule has 0 bridgehead atoms. The molecule has 6 heteroatoms. The lowest BCUT2D eigenvalue weighted by Crippen LogP contribution is -2.15. The van der Waals surface area contributed by atoms with Crippen LogP contribution in [0.2, 0.25) is 0 Å². The zero-order chi connectivity index (χ0) is 14.8. The highest BCUT2D eigenvalue weighted by Gasteiger charge is 2.34. The van der Waals surface area contributed by atoms with Crippen LogP contribution in [0.3, 0.4) is 0 Å². The minimum absolute atomic E-state index is 0.136. The molecule has 1 heterocycles. The highest BCUT2D eigenvalue weighted by Crippen LogP contribution is 2.35. The van der Waals surface area contributed by atoms with Crippen molar-refractivity contribution in [1.82, 2.24) is 0 Å². The van der Waals surface area contributed by atoms with Gasteiger partial charge in [0.1, 0.15) is 5.82 Å². The van der Waals surface area contributed by atoms with E-state index in [0.29, 0.717) is 12.3 Å². The van der Waals surface area contributed by atoms with E-state index in [2.05, 4.69) is 0 Å². The number of halogens is 4. The molecule has 0 saturated carbocycles. The Morgan fingerprint density at radius 1 is 1.25 bits per heavy atom. The first kappa shape index (κ1) is 15.6. The Labute approximate surface area is 119 Å². The summed E-state index contributed by atoms with van der Waals surface area (Å²) in [5, 5.41) is 10.1. The molecule has 2 rings (SSSR count). The maximum Gasteiger partial charge on any atom is 0.419 e. The van der Waals surface area contributed by atoms with E-state index in [0.717, 1.165) is 36.5 Å². The van der Waals surface area contributed by atoms with Crippen LogP contribution in [0.5, 0.6) is 0 Å². The fourth-order valence-electron chi connectivity index (χ4n) is 2.40. The van der Waals surface area contributed by atoms with Crippen LogP contribution in [0.4, 0.5) is 17.6 Å². The topological polar surface area (TPSA) is 20.2 Å². The van der Waals surface area contributed by atoms with E-state index in [1.807, 2.05) is 11.8 Å². The first-order chi connectivity index (χ1) is 9.38.